The summed E-state index contributed by atoms with van der Waals surface area (Å²) >= 11 is 1.64. The molecule has 1 aromatic heterocycles. The van der Waals surface area contributed by atoms with Gasteiger partial charge in [-0.2, -0.15) is 11.8 Å². The van der Waals surface area contributed by atoms with Crippen molar-refractivity contribution in [3.05, 3.63) is 66.2 Å². The molecule has 0 aliphatic carbocycles. The number of ether oxygens (including phenoxy) is 1. The van der Waals surface area contributed by atoms with Gasteiger partial charge >= 0.3 is 5.97 Å². The van der Waals surface area contributed by atoms with Crippen LogP contribution in [-0.4, -0.2) is 77.6 Å². The van der Waals surface area contributed by atoms with E-state index in [0.717, 1.165) is 37.3 Å². The van der Waals surface area contributed by atoms with Crippen molar-refractivity contribution in [2.75, 3.05) is 38.8 Å². The Labute approximate surface area is 243 Å². The van der Waals surface area contributed by atoms with Gasteiger partial charge in [-0.05, 0) is 60.1 Å². The molecule has 0 aliphatic heterocycles. The number of methoxy groups -OCH3 is 1. The molecule has 0 fully saturated rings. The summed E-state index contributed by atoms with van der Waals surface area (Å²) in [5, 5.41) is 9.09. The zero-order valence-corrected chi connectivity index (χ0v) is 25.1. The number of benzene rings is 2. The van der Waals surface area contributed by atoms with Gasteiger partial charge in [0, 0.05) is 31.0 Å². The highest BCUT2D eigenvalue weighted by atomic mass is 32.2. The first-order chi connectivity index (χ1) is 19.4. The molecule has 9 heteroatoms. The second kappa shape index (κ2) is 17.0. The number of esters is 1. The smallest absolute Gasteiger partial charge is 0.328 e. The summed E-state index contributed by atoms with van der Waals surface area (Å²) in [6.07, 6.45) is 9.08. The van der Waals surface area contributed by atoms with E-state index in [0.29, 0.717) is 25.4 Å². The number of thioether (sulfide) groups is 1. The first kappa shape index (κ1) is 31.6. The van der Waals surface area contributed by atoms with Crippen LogP contribution in [0.3, 0.4) is 0 Å². The number of H-pyrrole nitrogens is 1. The van der Waals surface area contributed by atoms with Gasteiger partial charge in [-0.25, -0.2) is 9.78 Å². The second-order valence-electron chi connectivity index (χ2n) is 10.4. The molecule has 40 heavy (non-hydrogen) atoms. The van der Waals surface area contributed by atoms with Crippen molar-refractivity contribution in [1.29, 1.82) is 0 Å². The van der Waals surface area contributed by atoms with Gasteiger partial charge in [-0.15, -0.1) is 0 Å². The van der Waals surface area contributed by atoms with E-state index >= 15 is 0 Å². The van der Waals surface area contributed by atoms with Gasteiger partial charge < -0.3 is 20.4 Å². The minimum Gasteiger partial charge on any atom is -0.467 e. The van der Waals surface area contributed by atoms with Crippen LogP contribution in [0.2, 0.25) is 0 Å². The van der Waals surface area contributed by atoms with Crippen LogP contribution < -0.4 is 10.6 Å². The molecule has 0 radical (unpaired) electrons. The summed E-state index contributed by atoms with van der Waals surface area (Å²) in [4.78, 5) is 35.1. The zero-order valence-electron chi connectivity index (χ0n) is 24.3. The molecule has 3 rings (SSSR count). The fourth-order valence-corrected chi connectivity index (χ4v) is 5.39. The van der Waals surface area contributed by atoms with Gasteiger partial charge in [0.05, 0.1) is 20.0 Å². The van der Waals surface area contributed by atoms with E-state index in [9.17, 15) is 9.59 Å². The van der Waals surface area contributed by atoms with E-state index in [4.69, 9.17) is 4.74 Å². The topological polar surface area (TPSA) is 99.3 Å². The third-order valence-corrected chi connectivity index (χ3v) is 8.09. The van der Waals surface area contributed by atoms with Gasteiger partial charge in [0.15, 0.2) is 0 Å². The van der Waals surface area contributed by atoms with Crippen LogP contribution in [-0.2, 0) is 27.3 Å². The number of fused-ring (bicyclic) bond motifs is 1. The number of nitrogens with one attached hydrogen (secondary N) is 3. The van der Waals surface area contributed by atoms with Gasteiger partial charge in [0.2, 0.25) is 5.91 Å². The monoisotopic (exact) mass is 567 g/mol. The Hall–Kier alpha value is -2.88. The third-order valence-electron chi connectivity index (χ3n) is 7.44. The summed E-state index contributed by atoms with van der Waals surface area (Å²) in [5.41, 5.74) is 2.32. The molecule has 0 unspecified atom stereocenters. The number of hydrogen-bond donors (Lipinski definition) is 3. The van der Waals surface area contributed by atoms with Crippen LogP contribution >= 0.6 is 11.8 Å². The van der Waals surface area contributed by atoms with Gasteiger partial charge in [0.25, 0.3) is 0 Å². The molecule has 0 saturated heterocycles. The lowest BCUT2D eigenvalue weighted by Crippen LogP contribution is -2.50. The Morgan fingerprint density at radius 1 is 1.18 bits per heavy atom. The van der Waals surface area contributed by atoms with Crippen molar-refractivity contribution in [3.8, 4) is 0 Å². The first-order valence-corrected chi connectivity index (χ1v) is 15.6. The summed E-state index contributed by atoms with van der Waals surface area (Å²) < 4.78 is 4.96. The summed E-state index contributed by atoms with van der Waals surface area (Å²) in [6.45, 7) is 6.88. The number of aromatic nitrogens is 2. The standard InChI is InChI=1S/C31H45N5O3S/c1-5-23(2)29(33-16-9-13-26-18-32-22-34-26)20-36(19-25-12-8-11-24-10-6-7-14-27(24)25)21-30(37)35-28(15-17-40-4)31(38)39-3/h6-8,10-12,14,18,22-23,28-29,33H,5,9,13,15-17,19-21H2,1-4H3,(H,32,34)(H,35,37)/t23-,28-,29+/m0/s1. The molecule has 0 aliphatic rings. The number of carbonyl (C=O) groups is 2. The van der Waals surface area contributed by atoms with Crippen molar-refractivity contribution in [1.82, 2.24) is 25.5 Å². The minimum absolute atomic E-state index is 0.168. The molecule has 3 atom stereocenters. The molecule has 218 valence electrons. The van der Waals surface area contributed by atoms with E-state index in [1.165, 1.54) is 23.4 Å². The Kier molecular flexibility index (Phi) is 13.5. The van der Waals surface area contributed by atoms with Gasteiger partial charge in [-0.1, -0.05) is 62.7 Å². The van der Waals surface area contributed by atoms with Crippen LogP contribution in [0.4, 0.5) is 0 Å². The summed E-state index contributed by atoms with van der Waals surface area (Å²) in [6, 6.07) is 14.3. The average molecular weight is 568 g/mol. The van der Waals surface area contributed by atoms with Gasteiger partial charge in [0.1, 0.15) is 6.04 Å². The normalized spacial score (nSPS) is 13.7. The molecule has 8 nitrogen and oxygen atoms in total. The minimum atomic E-state index is -0.643. The average Bonchev–Trinajstić information content (AvgIpc) is 3.49. The molecule has 1 heterocycles. The maximum absolute atomic E-state index is 13.3. The Bertz CT molecular complexity index is 1170. The van der Waals surface area contributed by atoms with Crippen LogP contribution in [0, 0.1) is 5.92 Å². The molecular weight excluding hydrogens is 522 g/mol. The molecular formula is C31H45N5O3S. The summed E-state index contributed by atoms with van der Waals surface area (Å²) in [7, 11) is 1.36. The van der Waals surface area contributed by atoms with E-state index in [1.807, 2.05) is 18.5 Å². The van der Waals surface area contributed by atoms with E-state index in [1.54, 1.807) is 18.1 Å². The fraction of sp³-hybridized carbons (Fsp3) is 0.516. The molecule has 1 amide bonds. The quantitative estimate of drug-likeness (QED) is 0.155. The number of imidazole rings is 1. The molecule has 2 aromatic carbocycles. The Morgan fingerprint density at radius 3 is 2.70 bits per heavy atom. The van der Waals surface area contributed by atoms with Crippen molar-refractivity contribution in [2.24, 2.45) is 5.92 Å². The van der Waals surface area contributed by atoms with Crippen molar-refractivity contribution >= 4 is 34.4 Å². The molecule has 0 bridgehead atoms. The number of hydrogen-bond acceptors (Lipinski definition) is 7. The lowest BCUT2D eigenvalue weighted by molar-refractivity contribution is -0.145. The molecule has 3 N–H and O–H groups in total. The molecule has 3 aromatic rings. The number of carbonyl (C=O) groups excluding carboxylic acids is 2. The highest BCUT2D eigenvalue weighted by Crippen LogP contribution is 2.21. The predicted octanol–water partition coefficient (Wildman–Crippen LogP) is 4.41. The predicted molar refractivity (Wildman–Crippen MR) is 164 cm³/mol. The second-order valence-corrected chi connectivity index (χ2v) is 11.3. The molecule has 0 spiro atoms. The van der Waals surface area contributed by atoms with Crippen molar-refractivity contribution < 1.29 is 14.3 Å². The van der Waals surface area contributed by atoms with Crippen molar-refractivity contribution in [2.45, 2.75) is 58.2 Å². The Morgan fingerprint density at radius 2 is 1.98 bits per heavy atom. The molecule has 0 saturated carbocycles. The number of amides is 1. The van der Waals surface area contributed by atoms with Crippen LogP contribution in [0.15, 0.2) is 55.0 Å². The van der Waals surface area contributed by atoms with Crippen LogP contribution in [0.1, 0.15) is 44.4 Å². The fourth-order valence-electron chi connectivity index (χ4n) is 4.92. The van der Waals surface area contributed by atoms with E-state index < -0.39 is 12.0 Å². The lowest BCUT2D eigenvalue weighted by Gasteiger charge is -2.32. The highest BCUT2D eigenvalue weighted by molar-refractivity contribution is 7.98. The largest absolute Gasteiger partial charge is 0.467 e. The van der Waals surface area contributed by atoms with Crippen LogP contribution in [0.25, 0.3) is 10.8 Å². The van der Waals surface area contributed by atoms with Crippen molar-refractivity contribution in [3.63, 3.8) is 0 Å². The number of aromatic amines is 1. The number of rotatable bonds is 18. The van der Waals surface area contributed by atoms with E-state index in [2.05, 4.69) is 75.7 Å². The Balaban J connectivity index is 1.75. The maximum atomic E-state index is 13.3. The zero-order chi connectivity index (χ0) is 28.7. The van der Waals surface area contributed by atoms with Gasteiger partial charge in [-0.3, -0.25) is 9.69 Å². The highest BCUT2D eigenvalue weighted by Gasteiger charge is 2.25. The maximum Gasteiger partial charge on any atom is 0.328 e. The third kappa shape index (κ3) is 9.94. The number of aryl methyl sites for hydroxylation is 1. The number of nitrogens with zero attached hydrogens (tertiary/aromatic N) is 2. The van der Waals surface area contributed by atoms with E-state index in [-0.39, 0.29) is 18.5 Å². The lowest BCUT2D eigenvalue weighted by atomic mass is 9.97. The SMILES string of the molecule is CC[C@H](C)[C@@H](CN(CC(=O)N[C@@H](CCSC)C(=O)OC)Cc1cccc2ccccc12)NCCCc1cnc[nH]1. The summed E-state index contributed by atoms with van der Waals surface area (Å²) in [5.74, 6) is 0.617. The van der Waals surface area contributed by atoms with Crippen LogP contribution in [0.5, 0.6) is 0 Å². The first-order valence-electron chi connectivity index (χ1n) is 14.2.